The molecular formula is C17H15N3O2S2. The van der Waals surface area contributed by atoms with Crippen LogP contribution >= 0.6 is 22.7 Å². The lowest BCUT2D eigenvalue weighted by molar-refractivity contribution is -0.111. The van der Waals surface area contributed by atoms with Crippen LogP contribution in [0.1, 0.15) is 34.4 Å². The van der Waals surface area contributed by atoms with Crippen LogP contribution in [0.5, 0.6) is 0 Å². The lowest BCUT2D eigenvalue weighted by Crippen LogP contribution is -2.07. The summed E-state index contributed by atoms with van der Waals surface area (Å²) in [4.78, 5) is 15.0. The molecule has 3 aromatic heterocycles. The summed E-state index contributed by atoms with van der Waals surface area (Å²) in [5, 5.41) is 13.1. The van der Waals surface area contributed by atoms with Crippen LogP contribution in [0.25, 0.3) is 16.8 Å². The third kappa shape index (κ3) is 3.32. The first-order chi connectivity index (χ1) is 11.7. The molecule has 1 fully saturated rings. The summed E-state index contributed by atoms with van der Waals surface area (Å²) in [7, 11) is 0. The van der Waals surface area contributed by atoms with Crippen molar-refractivity contribution in [2.45, 2.75) is 25.7 Å². The molecule has 1 amide bonds. The Hall–Kier alpha value is -2.25. The summed E-state index contributed by atoms with van der Waals surface area (Å²) < 4.78 is 5.73. The molecule has 3 heterocycles. The zero-order valence-electron chi connectivity index (χ0n) is 13.0. The van der Waals surface area contributed by atoms with Crippen molar-refractivity contribution in [1.82, 2.24) is 10.2 Å². The Morgan fingerprint density at radius 3 is 3.04 bits per heavy atom. The molecule has 0 spiro atoms. The molecule has 24 heavy (non-hydrogen) atoms. The van der Waals surface area contributed by atoms with E-state index in [-0.39, 0.29) is 5.91 Å². The van der Waals surface area contributed by atoms with Crippen LogP contribution in [0.4, 0.5) is 5.69 Å². The van der Waals surface area contributed by atoms with E-state index in [2.05, 4.69) is 15.5 Å². The molecule has 0 bridgehead atoms. The van der Waals surface area contributed by atoms with E-state index in [1.807, 2.05) is 36.6 Å². The number of hydrogen-bond acceptors (Lipinski definition) is 6. The fourth-order valence-corrected chi connectivity index (χ4v) is 3.77. The summed E-state index contributed by atoms with van der Waals surface area (Å²) in [5.41, 5.74) is 0.780. The second-order valence-corrected chi connectivity index (χ2v) is 7.87. The number of rotatable bonds is 5. The van der Waals surface area contributed by atoms with Gasteiger partial charge in [0, 0.05) is 21.7 Å². The first-order valence-electron chi connectivity index (χ1n) is 7.66. The first-order valence-corrected chi connectivity index (χ1v) is 9.35. The first kappa shape index (κ1) is 15.3. The molecule has 3 aromatic rings. The summed E-state index contributed by atoms with van der Waals surface area (Å²) in [6.07, 6.45) is 5.61. The summed E-state index contributed by atoms with van der Waals surface area (Å²) in [6.45, 7) is 1.96. The van der Waals surface area contributed by atoms with Gasteiger partial charge in [0.05, 0.1) is 10.6 Å². The number of carbonyl (C=O) groups is 1. The van der Waals surface area contributed by atoms with Crippen LogP contribution < -0.4 is 5.32 Å². The minimum absolute atomic E-state index is 0.153. The van der Waals surface area contributed by atoms with Gasteiger partial charge in [0.2, 0.25) is 11.8 Å². The van der Waals surface area contributed by atoms with Gasteiger partial charge in [-0.2, -0.15) is 0 Å². The molecule has 5 nitrogen and oxygen atoms in total. The number of hydrogen-bond donors (Lipinski definition) is 1. The van der Waals surface area contributed by atoms with Gasteiger partial charge in [-0.3, -0.25) is 4.79 Å². The maximum Gasteiger partial charge on any atom is 0.257 e. The van der Waals surface area contributed by atoms with Crippen molar-refractivity contribution in [1.29, 1.82) is 0 Å². The van der Waals surface area contributed by atoms with E-state index in [1.54, 1.807) is 17.4 Å². The normalized spacial score (nSPS) is 14.4. The molecule has 0 radical (unpaired) electrons. The van der Waals surface area contributed by atoms with E-state index >= 15 is 0 Å². The molecular weight excluding hydrogens is 342 g/mol. The highest BCUT2D eigenvalue weighted by Gasteiger charge is 2.29. The minimum Gasteiger partial charge on any atom is -0.420 e. The van der Waals surface area contributed by atoms with Crippen molar-refractivity contribution < 1.29 is 9.21 Å². The number of amides is 1. The van der Waals surface area contributed by atoms with Gasteiger partial charge in [0.1, 0.15) is 0 Å². The van der Waals surface area contributed by atoms with Crippen molar-refractivity contribution in [2.24, 2.45) is 0 Å². The molecule has 1 aliphatic rings. The lowest BCUT2D eigenvalue weighted by Gasteiger charge is -1.99. The van der Waals surface area contributed by atoms with Gasteiger partial charge in [-0.05, 0) is 43.4 Å². The Balaban J connectivity index is 1.47. The van der Waals surface area contributed by atoms with Gasteiger partial charge < -0.3 is 9.73 Å². The van der Waals surface area contributed by atoms with E-state index in [0.717, 1.165) is 39.1 Å². The van der Waals surface area contributed by atoms with E-state index in [9.17, 15) is 4.79 Å². The standard InChI is InChI=1S/C17H15N3O2S2/c1-10-13(18-15(21)7-6-12-3-2-8-23-12)9-14(24-10)17-20-19-16(22-17)11-4-5-11/h2-3,6-9,11H,4-5H2,1H3,(H,18,21)/b7-6+. The molecule has 1 saturated carbocycles. The average molecular weight is 357 g/mol. The molecule has 0 aromatic carbocycles. The maximum atomic E-state index is 12.1. The Kier molecular flexibility index (Phi) is 4.03. The molecule has 4 rings (SSSR count). The van der Waals surface area contributed by atoms with Crippen LogP contribution in [0, 0.1) is 6.92 Å². The van der Waals surface area contributed by atoms with Crippen LogP contribution in [-0.2, 0) is 4.79 Å². The topological polar surface area (TPSA) is 68.0 Å². The molecule has 0 saturated heterocycles. The van der Waals surface area contributed by atoms with Crippen LogP contribution in [0.2, 0.25) is 0 Å². The van der Waals surface area contributed by atoms with Gasteiger partial charge in [-0.15, -0.1) is 32.9 Å². The minimum atomic E-state index is -0.153. The highest BCUT2D eigenvalue weighted by atomic mass is 32.1. The van der Waals surface area contributed by atoms with Crippen molar-refractivity contribution in [3.63, 3.8) is 0 Å². The lowest BCUT2D eigenvalue weighted by atomic mass is 10.3. The molecule has 1 N–H and O–H groups in total. The van der Waals surface area contributed by atoms with Crippen LogP contribution in [0.3, 0.4) is 0 Å². The molecule has 0 aliphatic heterocycles. The third-order valence-corrected chi connectivity index (χ3v) is 5.57. The molecule has 0 unspecified atom stereocenters. The molecule has 1 aliphatic carbocycles. The Labute approximate surface area is 147 Å². The fourth-order valence-electron chi connectivity index (χ4n) is 2.26. The van der Waals surface area contributed by atoms with E-state index in [1.165, 1.54) is 11.3 Å². The predicted octanol–water partition coefficient (Wildman–Crippen LogP) is 4.70. The van der Waals surface area contributed by atoms with Gasteiger partial charge in [-0.25, -0.2) is 0 Å². The SMILES string of the molecule is Cc1sc(-c2nnc(C3CC3)o2)cc1NC(=O)/C=C/c1cccs1. The zero-order valence-corrected chi connectivity index (χ0v) is 14.6. The number of nitrogens with zero attached hydrogens (tertiary/aromatic N) is 2. The Bertz CT molecular complexity index is 889. The smallest absolute Gasteiger partial charge is 0.257 e. The van der Waals surface area contributed by atoms with Gasteiger partial charge >= 0.3 is 0 Å². The Morgan fingerprint density at radius 2 is 2.29 bits per heavy atom. The number of anilines is 1. The highest BCUT2D eigenvalue weighted by Crippen LogP contribution is 2.41. The predicted molar refractivity (Wildman–Crippen MR) is 96.3 cm³/mol. The van der Waals surface area contributed by atoms with Gasteiger partial charge in [0.25, 0.3) is 5.89 Å². The third-order valence-electron chi connectivity index (χ3n) is 3.70. The number of nitrogens with one attached hydrogen (secondary N) is 1. The van der Waals surface area contributed by atoms with Crippen LogP contribution in [0.15, 0.2) is 34.1 Å². The van der Waals surface area contributed by atoms with Gasteiger partial charge in [-0.1, -0.05) is 6.07 Å². The number of aryl methyl sites for hydroxylation is 1. The van der Waals surface area contributed by atoms with Crippen LogP contribution in [-0.4, -0.2) is 16.1 Å². The quantitative estimate of drug-likeness (QED) is 0.672. The average Bonchev–Trinajstić information content (AvgIpc) is 3.00. The van der Waals surface area contributed by atoms with Crippen molar-refractivity contribution in [2.75, 3.05) is 5.32 Å². The highest BCUT2D eigenvalue weighted by molar-refractivity contribution is 7.16. The molecule has 122 valence electrons. The fraction of sp³-hybridized carbons (Fsp3) is 0.235. The van der Waals surface area contributed by atoms with Crippen molar-refractivity contribution >= 4 is 40.3 Å². The zero-order chi connectivity index (χ0) is 16.5. The van der Waals surface area contributed by atoms with E-state index in [4.69, 9.17) is 4.42 Å². The van der Waals surface area contributed by atoms with Crippen molar-refractivity contribution in [3.05, 3.63) is 45.3 Å². The second kappa shape index (κ2) is 6.33. The monoisotopic (exact) mass is 357 g/mol. The summed E-state index contributed by atoms with van der Waals surface area (Å²) >= 11 is 3.13. The van der Waals surface area contributed by atoms with E-state index < -0.39 is 0 Å². The van der Waals surface area contributed by atoms with Gasteiger partial charge in [0.15, 0.2) is 0 Å². The summed E-state index contributed by atoms with van der Waals surface area (Å²) in [5.74, 6) is 1.54. The number of thiophene rings is 2. The number of carbonyl (C=O) groups excluding carboxylic acids is 1. The largest absolute Gasteiger partial charge is 0.420 e. The van der Waals surface area contributed by atoms with E-state index in [0.29, 0.717) is 11.8 Å². The number of aromatic nitrogens is 2. The maximum absolute atomic E-state index is 12.1. The molecule has 0 atom stereocenters. The van der Waals surface area contributed by atoms with Crippen molar-refractivity contribution in [3.8, 4) is 10.8 Å². The second-order valence-electron chi connectivity index (χ2n) is 5.64. The Morgan fingerprint density at radius 1 is 1.42 bits per heavy atom. The summed E-state index contributed by atoms with van der Waals surface area (Å²) in [6, 6.07) is 5.81. The molecule has 7 heteroatoms.